The molecule has 2 rings (SSSR count). The van der Waals surface area contributed by atoms with Gasteiger partial charge < -0.3 is 15.5 Å². The lowest BCUT2D eigenvalue weighted by Gasteiger charge is -2.41. The van der Waals surface area contributed by atoms with E-state index in [-0.39, 0.29) is 24.3 Å². The minimum absolute atomic E-state index is 0.109. The molecule has 0 aromatic carbocycles. The summed E-state index contributed by atoms with van der Waals surface area (Å²) < 4.78 is 0. The van der Waals surface area contributed by atoms with Crippen molar-refractivity contribution in [2.45, 2.75) is 69.6 Å². The molecule has 0 amide bonds. The second-order valence-corrected chi connectivity index (χ2v) is 5.87. The van der Waals surface area contributed by atoms with Crippen molar-refractivity contribution < 1.29 is 10.2 Å². The Morgan fingerprint density at radius 3 is 2.38 bits per heavy atom. The van der Waals surface area contributed by atoms with Crippen LogP contribution in [0.5, 0.6) is 0 Å². The molecule has 0 heterocycles. The van der Waals surface area contributed by atoms with Crippen molar-refractivity contribution in [3.63, 3.8) is 0 Å². The molecule has 3 heteroatoms. The smallest absolute Gasteiger partial charge is 0.0693 e. The molecule has 0 bridgehead atoms. The summed E-state index contributed by atoms with van der Waals surface area (Å²) in [6.45, 7) is 2.49. The third-order valence-electron chi connectivity index (χ3n) is 4.51. The highest BCUT2D eigenvalue weighted by molar-refractivity contribution is 4.97. The minimum atomic E-state index is -0.206. The van der Waals surface area contributed by atoms with Crippen molar-refractivity contribution in [1.82, 2.24) is 5.32 Å². The number of rotatable bonds is 3. The zero-order valence-corrected chi connectivity index (χ0v) is 10.3. The molecule has 2 aliphatic carbocycles. The molecule has 3 N–H and O–H groups in total. The Morgan fingerprint density at radius 1 is 1.19 bits per heavy atom. The molecule has 2 saturated carbocycles. The van der Waals surface area contributed by atoms with E-state index in [1.807, 2.05) is 0 Å². The minimum Gasteiger partial charge on any atom is -0.394 e. The summed E-state index contributed by atoms with van der Waals surface area (Å²) >= 11 is 0. The Hall–Kier alpha value is -0.120. The third-order valence-corrected chi connectivity index (χ3v) is 4.51. The van der Waals surface area contributed by atoms with Gasteiger partial charge in [-0.2, -0.15) is 0 Å². The number of nitrogens with one attached hydrogen (secondary N) is 1. The van der Waals surface area contributed by atoms with E-state index in [1.54, 1.807) is 0 Å². The van der Waals surface area contributed by atoms with Crippen LogP contribution in [0.1, 0.15) is 51.9 Å². The lowest BCUT2D eigenvalue weighted by molar-refractivity contribution is 0.0649. The Morgan fingerprint density at radius 2 is 1.88 bits per heavy atom. The van der Waals surface area contributed by atoms with Gasteiger partial charge in [-0.3, -0.25) is 0 Å². The molecule has 0 saturated heterocycles. The SMILES string of the molecule is CC1CCC(CO)(NC2CCCC2O)CC1. The maximum atomic E-state index is 9.84. The molecule has 0 spiro atoms. The van der Waals surface area contributed by atoms with Gasteiger partial charge in [0, 0.05) is 11.6 Å². The first-order valence-electron chi connectivity index (χ1n) is 6.72. The van der Waals surface area contributed by atoms with Crippen LogP contribution < -0.4 is 5.32 Å². The molecule has 2 atom stereocenters. The van der Waals surface area contributed by atoms with Crippen LogP contribution in [0.15, 0.2) is 0 Å². The summed E-state index contributed by atoms with van der Waals surface area (Å²) in [5.41, 5.74) is -0.109. The molecule has 16 heavy (non-hydrogen) atoms. The van der Waals surface area contributed by atoms with E-state index < -0.39 is 0 Å². The maximum Gasteiger partial charge on any atom is 0.0693 e. The molecular formula is C13H25NO2. The molecule has 2 fully saturated rings. The summed E-state index contributed by atoms with van der Waals surface area (Å²) in [6, 6.07) is 0.209. The van der Waals surface area contributed by atoms with Gasteiger partial charge in [0.1, 0.15) is 0 Å². The van der Waals surface area contributed by atoms with E-state index in [1.165, 1.54) is 12.8 Å². The van der Waals surface area contributed by atoms with Gasteiger partial charge in [0.05, 0.1) is 12.7 Å². The fourth-order valence-corrected chi connectivity index (χ4v) is 3.16. The van der Waals surface area contributed by atoms with Crippen molar-refractivity contribution in [2.75, 3.05) is 6.61 Å². The topological polar surface area (TPSA) is 52.5 Å². The molecule has 0 aromatic heterocycles. The highest BCUT2D eigenvalue weighted by Gasteiger charge is 2.38. The largest absolute Gasteiger partial charge is 0.394 e. The quantitative estimate of drug-likeness (QED) is 0.683. The van der Waals surface area contributed by atoms with E-state index in [0.717, 1.165) is 38.0 Å². The van der Waals surface area contributed by atoms with Crippen molar-refractivity contribution in [1.29, 1.82) is 0 Å². The van der Waals surface area contributed by atoms with E-state index in [4.69, 9.17) is 0 Å². The van der Waals surface area contributed by atoms with Crippen LogP contribution in [-0.4, -0.2) is 34.5 Å². The number of aliphatic hydroxyl groups excluding tert-OH is 2. The van der Waals surface area contributed by atoms with Gasteiger partial charge in [-0.05, 0) is 50.9 Å². The highest BCUT2D eigenvalue weighted by Crippen LogP contribution is 2.33. The van der Waals surface area contributed by atoms with Gasteiger partial charge in [0.25, 0.3) is 0 Å². The van der Waals surface area contributed by atoms with Crippen molar-refractivity contribution >= 4 is 0 Å². The summed E-state index contributed by atoms with van der Waals surface area (Å²) in [5.74, 6) is 0.787. The lowest BCUT2D eigenvalue weighted by atomic mass is 9.77. The van der Waals surface area contributed by atoms with Gasteiger partial charge in [-0.15, -0.1) is 0 Å². The molecule has 2 aliphatic rings. The van der Waals surface area contributed by atoms with Crippen LogP contribution in [0.3, 0.4) is 0 Å². The lowest BCUT2D eigenvalue weighted by Crippen LogP contribution is -2.56. The fraction of sp³-hybridized carbons (Fsp3) is 1.00. The molecule has 94 valence electrons. The van der Waals surface area contributed by atoms with Crippen molar-refractivity contribution in [2.24, 2.45) is 5.92 Å². The Bertz CT molecular complexity index is 224. The van der Waals surface area contributed by atoms with Crippen LogP contribution in [0.25, 0.3) is 0 Å². The molecular weight excluding hydrogens is 202 g/mol. The zero-order chi connectivity index (χ0) is 11.6. The summed E-state index contributed by atoms with van der Waals surface area (Å²) in [7, 11) is 0. The van der Waals surface area contributed by atoms with Crippen molar-refractivity contribution in [3.8, 4) is 0 Å². The normalized spacial score (nSPS) is 44.8. The van der Waals surface area contributed by atoms with E-state index in [9.17, 15) is 10.2 Å². The van der Waals surface area contributed by atoms with Gasteiger partial charge in [0.15, 0.2) is 0 Å². The third kappa shape index (κ3) is 2.58. The van der Waals surface area contributed by atoms with Crippen LogP contribution >= 0.6 is 0 Å². The monoisotopic (exact) mass is 227 g/mol. The first-order valence-corrected chi connectivity index (χ1v) is 6.72. The highest BCUT2D eigenvalue weighted by atomic mass is 16.3. The van der Waals surface area contributed by atoms with Gasteiger partial charge in [-0.25, -0.2) is 0 Å². The van der Waals surface area contributed by atoms with Gasteiger partial charge in [0.2, 0.25) is 0 Å². The Labute approximate surface area is 98.2 Å². The van der Waals surface area contributed by atoms with Crippen LogP contribution in [0.4, 0.5) is 0 Å². The number of hydrogen-bond donors (Lipinski definition) is 3. The van der Waals surface area contributed by atoms with Crippen LogP contribution in [0.2, 0.25) is 0 Å². The number of hydrogen-bond acceptors (Lipinski definition) is 3. The second kappa shape index (κ2) is 5.03. The second-order valence-electron chi connectivity index (χ2n) is 5.87. The average molecular weight is 227 g/mol. The molecule has 0 aliphatic heterocycles. The average Bonchev–Trinajstić information content (AvgIpc) is 2.68. The van der Waals surface area contributed by atoms with E-state index in [0.29, 0.717) is 0 Å². The predicted octanol–water partition coefficient (Wildman–Crippen LogP) is 1.43. The molecule has 2 unspecified atom stereocenters. The number of aliphatic hydroxyl groups is 2. The zero-order valence-electron chi connectivity index (χ0n) is 10.3. The first kappa shape index (κ1) is 12.3. The predicted molar refractivity (Wildman–Crippen MR) is 64.2 cm³/mol. The Kier molecular flexibility index (Phi) is 3.88. The standard InChI is InChI=1S/C13H25NO2/c1-10-5-7-13(9-15,8-6-10)14-11-3-2-4-12(11)16/h10-12,14-16H,2-9H2,1H3. The fourth-order valence-electron chi connectivity index (χ4n) is 3.16. The molecule has 0 radical (unpaired) electrons. The van der Waals surface area contributed by atoms with E-state index in [2.05, 4.69) is 12.2 Å². The van der Waals surface area contributed by atoms with Crippen LogP contribution in [0, 0.1) is 5.92 Å². The Balaban J connectivity index is 1.93. The summed E-state index contributed by atoms with van der Waals surface area (Å²) in [5, 5.41) is 23.0. The maximum absolute atomic E-state index is 9.84. The molecule has 3 nitrogen and oxygen atoms in total. The summed E-state index contributed by atoms with van der Waals surface area (Å²) in [4.78, 5) is 0. The summed E-state index contributed by atoms with van der Waals surface area (Å²) in [6.07, 6.45) is 7.35. The molecule has 0 aromatic rings. The first-order chi connectivity index (χ1) is 7.65. The van der Waals surface area contributed by atoms with E-state index >= 15 is 0 Å². The van der Waals surface area contributed by atoms with Crippen LogP contribution in [-0.2, 0) is 0 Å². The van der Waals surface area contributed by atoms with Crippen molar-refractivity contribution in [3.05, 3.63) is 0 Å². The van der Waals surface area contributed by atoms with Gasteiger partial charge >= 0.3 is 0 Å². The van der Waals surface area contributed by atoms with Gasteiger partial charge in [-0.1, -0.05) is 6.92 Å².